The van der Waals surface area contributed by atoms with Gasteiger partial charge in [0.25, 0.3) is 5.91 Å². The number of aromatic nitrogens is 3. The van der Waals surface area contributed by atoms with Crippen molar-refractivity contribution in [3.8, 4) is 0 Å². The van der Waals surface area contributed by atoms with E-state index < -0.39 is 0 Å². The molecule has 7 heteroatoms. The smallest absolute Gasteiger partial charge is 0.251 e. The summed E-state index contributed by atoms with van der Waals surface area (Å²) in [7, 11) is 0. The van der Waals surface area contributed by atoms with E-state index >= 15 is 0 Å². The van der Waals surface area contributed by atoms with Gasteiger partial charge in [-0.1, -0.05) is 23.8 Å². The number of aryl methyl sites for hydroxylation is 2. The van der Waals surface area contributed by atoms with E-state index in [1.54, 1.807) is 6.20 Å². The van der Waals surface area contributed by atoms with Gasteiger partial charge in [0.05, 0.1) is 0 Å². The number of nitrogens with zero attached hydrogens (tertiary/aromatic N) is 3. The first-order chi connectivity index (χ1) is 13.1. The van der Waals surface area contributed by atoms with Crippen molar-refractivity contribution in [1.82, 2.24) is 20.5 Å². The van der Waals surface area contributed by atoms with Crippen LogP contribution in [0.2, 0.25) is 0 Å². The molecule has 0 aliphatic carbocycles. The van der Waals surface area contributed by atoms with E-state index in [1.165, 1.54) is 0 Å². The summed E-state index contributed by atoms with van der Waals surface area (Å²) in [6.07, 6.45) is 1.71. The molecule has 0 radical (unpaired) electrons. The van der Waals surface area contributed by atoms with Gasteiger partial charge in [-0.05, 0) is 49.7 Å². The third-order valence-electron chi connectivity index (χ3n) is 3.93. The van der Waals surface area contributed by atoms with Crippen LogP contribution in [0, 0.1) is 13.8 Å². The molecule has 0 atom stereocenters. The number of anilines is 3. The highest BCUT2D eigenvalue weighted by Gasteiger charge is 2.08. The molecular formula is C20H22N6O. The summed E-state index contributed by atoms with van der Waals surface area (Å²) in [5.41, 5.74) is 2.82. The number of nitrogens with one attached hydrogen (secondary N) is 3. The average molecular weight is 362 g/mol. The van der Waals surface area contributed by atoms with Gasteiger partial charge in [0, 0.05) is 24.8 Å². The lowest BCUT2D eigenvalue weighted by Gasteiger charge is -2.10. The maximum absolute atomic E-state index is 12.2. The van der Waals surface area contributed by atoms with Gasteiger partial charge in [0.15, 0.2) is 5.82 Å². The van der Waals surface area contributed by atoms with Crippen molar-refractivity contribution in [1.29, 1.82) is 0 Å². The number of carbonyl (C=O) groups is 1. The Morgan fingerprint density at radius 3 is 2.44 bits per heavy atom. The van der Waals surface area contributed by atoms with Crippen LogP contribution in [0.1, 0.15) is 21.5 Å². The molecule has 27 heavy (non-hydrogen) atoms. The molecule has 0 saturated carbocycles. The number of rotatable bonds is 7. The highest BCUT2D eigenvalue weighted by atomic mass is 16.1. The molecular weight excluding hydrogens is 340 g/mol. The van der Waals surface area contributed by atoms with Gasteiger partial charge in [0.1, 0.15) is 11.6 Å². The first kappa shape index (κ1) is 18.3. The minimum atomic E-state index is -0.0738. The summed E-state index contributed by atoms with van der Waals surface area (Å²) >= 11 is 0. The lowest BCUT2D eigenvalue weighted by atomic mass is 10.1. The van der Waals surface area contributed by atoms with E-state index in [4.69, 9.17) is 0 Å². The van der Waals surface area contributed by atoms with Crippen LogP contribution in [0.25, 0.3) is 0 Å². The third kappa shape index (κ3) is 5.24. The second kappa shape index (κ2) is 8.75. The quantitative estimate of drug-likeness (QED) is 0.560. The fraction of sp³-hybridized carbons (Fsp3) is 0.200. The second-order valence-corrected chi connectivity index (χ2v) is 6.14. The summed E-state index contributed by atoms with van der Waals surface area (Å²) in [4.78, 5) is 16.4. The monoisotopic (exact) mass is 362 g/mol. The van der Waals surface area contributed by atoms with Crippen molar-refractivity contribution in [2.75, 3.05) is 23.7 Å². The van der Waals surface area contributed by atoms with E-state index in [-0.39, 0.29) is 5.91 Å². The van der Waals surface area contributed by atoms with Crippen molar-refractivity contribution in [3.05, 3.63) is 71.4 Å². The second-order valence-electron chi connectivity index (χ2n) is 6.14. The normalized spacial score (nSPS) is 10.3. The van der Waals surface area contributed by atoms with E-state index in [2.05, 4.69) is 31.1 Å². The molecule has 2 heterocycles. The van der Waals surface area contributed by atoms with E-state index in [0.717, 1.165) is 11.1 Å². The average Bonchev–Trinajstić information content (AvgIpc) is 2.67. The number of pyridine rings is 1. The molecule has 3 aromatic rings. The van der Waals surface area contributed by atoms with Crippen molar-refractivity contribution < 1.29 is 4.79 Å². The highest BCUT2D eigenvalue weighted by Crippen LogP contribution is 2.12. The minimum absolute atomic E-state index is 0.0738. The topological polar surface area (TPSA) is 91.8 Å². The van der Waals surface area contributed by atoms with Crippen molar-refractivity contribution in [2.45, 2.75) is 13.8 Å². The number of amides is 1. The van der Waals surface area contributed by atoms with Crippen LogP contribution in [-0.4, -0.2) is 34.2 Å². The molecule has 0 saturated heterocycles. The molecule has 0 aliphatic rings. The molecule has 0 unspecified atom stereocenters. The lowest BCUT2D eigenvalue weighted by Crippen LogP contribution is -2.29. The Hall–Kier alpha value is -3.48. The summed E-state index contributed by atoms with van der Waals surface area (Å²) in [5.74, 6) is 1.89. The zero-order valence-corrected chi connectivity index (χ0v) is 15.4. The SMILES string of the molecule is Cc1ccc(C(=O)NCCNc2ccc(Nc3ccccn3)nn2)c(C)c1. The first-order valence-electron chi connectivity index (χ1n) is 8.73. The van der Waals surface area contributed by atoms with Crippen LogP contribution in [0.4, 0.5) is 17.5 Å². The standard InChI is InChI=1S/C20H22N6O/c1-14-6-7-16(15(2)13-14)20(27)23-12-11-22-18-8-9-19(26-25-18)24-17-5-3-4-10-21-17/h3-10,13H,11-12H2,1-2H3,(H,22,25)(H,23,27)(H,21,24,26). The predicted molar refractivity (Wildman–Crippen MR) is 106 cm³/mol. The predicted octanol–water partition coefficient (Wildman–Crippen LogP) is 3.07. The summed E-state index contributed by atoms with van der Waals surface area (Å²) in [6, 6.07) is 15.0. The Bertz CT molecular complexity index is 896. The largest absolute Gasteiger partial charge is 0.367 e. The summed E-state index contributed by atoms with van der Waals surface area (Å²) < 4.78 is 0. The van der Waals surface area contributed by atoms with Crippen molar-refractivity contribution in [3.63, 3.8) is 0 Å². The van der Waals surface area contributed by atoms with Gasteiger partial charge in [-0.2, -0.15) is 0 Å². The van der Waals surface area contributed by atoms with Gasteiger partial charge in [-0.25, -0.2) is 4.98 Å². The molecule has 0 fully saturated rings. The Morgan fingerprint density at radius 1 is 0.926 bits per heavy atom. The van der Waals surface area contributed by atoms with Crippen LogP contribution in [0.15, 0.2) is 54.7 Å². The molecule has 3 N–H and O–H groups in total. The Labute approximate surface area is 158 Å². The van der Waals surface area contributed by atoms with E-state index in [9.17, 15) is 4.79 Å². The first-order valence-corrected chi connectivity index (χ1v) is 8.73. The number of hydrogen-bond acceptors (Lipinski definition) is 6. The van der Waals surface area contributed by atoms with Gasteiger partial charge < -0.3 is 16.0 Å². The Kier molecular flexibility index (Phi) is 5.94. The van der Waals surface area contributed by atoms with E-state index in [0.29, 0.717) is 36.1 Å². The zero-order chi connectivity index (χ0) is 19.1. The molecule has 0 spiro atoms. The van der Waals surface area contributed by atoms with Crippen molar-refractivity contribution in [2.24, 2.45) is 0 Å². The molecule has 7 nitrogen and oxygen atoms in total. The number of hydrogen-bond donors (Lipinski definition) is 3. The fourth-order valence-electron chi connectivity index (χ4n) is 2.59. The molecule has 0 aliphatic heterocycles. The molecule has 0 bridgehead atoms. The summed E-state index contributed by atoms with van der Waals surface area (Å²) in [5, 5.41) is 17.3. The van der Waals surface area contributed by atoms with Crippen LogP contribution in [0.3, 0.4) is 0 Å². The van der Waals surface area contributed by atoms with Crippen LogP contribution in [0.5, 0.6) is 0 Å². The zero-order valence-electron chi connectivity index (χ0n) is 15.4. The van der Waals surface area contributed by atoms with Crippen LogP contribution in [-0.2, 0) is 0 Å². The third-order valence-corrected chi connectivity index (χ3v) is 3.93. The van der Waals surface area contributed by atoms with Gasteiger partial charge in [0.2, 0.25) is 0 Å². The van der Waals surface area contributed by atoms with Crippen LogP contribution < -0.4 is 16.0 Å². The van der Waals surface area contributed by atoms with Gasteiger partial charge in [-0.3, -0.25) is 4.79 Å². The van der Waals surface area contributed by atoms with Gasteiger partial charge >= 0.3 is 0 Å². The van der Waals surface area contributed by atoms with E-state index in [1.807, 2.05) is 62.4 Å². The Morgan fingerprint density at radius 2 is 1.74 bits per heavy atom. The molecule has 1 aromatic carbocycles. The molecule has 1 amide bonds. The number of carbonyl (C=O) groups excluding carboxylic acids is 1. The number of benzene rings is 1. The molecule has 3 rings (SSSR count). The molecule has 138 valence electrons. The van der Waals surface area contributed by atoms with Gasteiger partial charge in [-0.15, -0.1) is 10.2 Å². The maximum atomic E-state index is 12.2. The summed E-state index contributed by atoms with van der Waals surface area (Å²) in [6.45, 7) is 4.99. The highest BCUT2D eigenvalue weighted by molar-refractivity contribution is 5.95. The van der Waals surface area contributed by atoms with Crippen molar-refractivity contribution >= 4 is 23.4 Å². The lowest BCUT2D eigenvalue weighted by molar-refractivity contribution is 0.0954. The van der Waals surface area contributed by atoms with Crippen LogP contribution >= 0.6 is 0 Å². The molecule has 2 aromatic heterocycles. The fourth-order valence-corrected chi connectivity index (χ4v) is 2.59. The maximum Gasteiger partial charge on any atom is 0.251 e. The Balaban J connectivity index is 1.44. The minimum Gasteiger partial charge on any atom is -0.367 e.